The van der Waals surface area contributed by atoms with Gasteiger partial charge in [0.2, 0.25) is 5.91 Å². The first-order chi connectivity index (χ1) is 11.9. The Labute approximate surface area is 142 Å². The van der Waals surface area contributed by atoms with E-state index in [9.17, 15) is 14.4 Å². The molecule has 3 N–H and O–H groups in total. The molecule has 2 aromatic heterocycles. The predicted molar refractivity (Wildman–Crippen MR) is 93.3 cm³/mol. The maximum absolute atomic E-state index is 12.3. The number of carbonyl (C=O) groups excluding carboxylic acids is 1. The molecule has 8 nitrogen and oxygen atoms in total. The molecule has 1 aromatic carbocycles. The summed E-state index contributed by atoms with van der Waals surface area (Å²) < 4.78 is 0. The molecule has 3 aromatic rings. The van der Waals surface area contributed by atoms with E-state index in [1.807, 2.05) is 24.3 Å². The van der Waals surface area contributed by atoms with Crippen LogP contribution in [0.1, 0.15) is 23.5 Å². The van der Waals surface area contributed by atoms with E-state index in [4.69, 9.17) is 0 Å². The van der Waals surface area contributed by atoms with E-state index in [2.05, 4.69) is 19.9 Å². The van der Waals surface area contributed by atoms with E-state index in [1.54, 1.807) is 18.9 Å². The Morgan fingerprint density at radius 3 is 2.64 bits per heavy atom. The van der Waals surface area contributed by atoms with Crippen LogP contribution < -0.4 is 11.2 Å². The van der Waals surface area contributed by atoms with Crippen LogP contribution in [0.15, 0.2) is 33.9 Å². The monoisotopic (exact) mass is 341 g/mol. The summed E-state index contributed by atoms with van der Waals surface area (Å²) in [5.74, 6) is 0.598. The van der Waals surface area contributed by atoms with Crippen LogP contribution in [0.3, 0.4) is 0 Å². The number of aryl methyl sites for hydroxylation is 1. The number of nitrogens with one attached hydrogen (secondary N) is 3. The second-order valence-corrected chi connectivity index (χ2v) is 5.96. The van der Waals surface area contributed by atoms with Gasteiger partial charge >= 0.3 is 5.69 Å². The molecule has 0 fully saturated rings. The smallest absolute Gasteiger partial charge is 0.325 e. The van der Waals surface area contributed by atoms with Crippen molar-refractivity contribution in [3.05, 3.63) is 62.2 Å². The summed E-state index contributed by atoms with van der Waals surface area (Å²) in [6.07, 6.45) is 0.438. The molecule has 0 atom stereocenters. The van der Waals surface area contributed by atoms with Crippen LogP contribution >= 0.6 is 0 Å². The highest BCUT2D eigenvalue weighted by atomic mass is 16.2. The number of amides is 1. The van der Waals surface area contributed by atoms with E-state index in [-0.39, 0.29) is 18.7 Å². The first-order valence-corrected chi connectivity index (χ1v) is 7.93. The molecule has 0 bridgehead atoms. The summed E-state index contributed by atoms with van der Waals surface area (Å²) in [5, 5.41) is 0. The quantitative estimate of drug-likeness (QED) is 0.638. The Bertz CT molecular complexity index is 997. The molecule has 3 rings (SSSR count). The fraction of sp³-hybridized carbons (Fsp3) is 0.294. The topological polar surface area (TPSA) is 115 Å². The lowest BCUT2D eigenvalue weighted by Crippen LogP contribution is -2.30. The van der Waals surface area contributed by atoms with Crippen molar-refractivity contribution in [2.45, 2.75) is 26.3 Å². The zero-order chi connectivity index (χ0) is 18.0. The lowest BCUT2D eigenvalue weighted by molar-refractivity contribution is -0.130. The molecule has 0 aliphatic rings. The van der Waals surface area contributed by atoms with Crippen molar-refractivity contribution < 1.29 is 4.79 Å². The number of rotatable bonds is 5. The molecule has 0 saturated carbocycles. The molecule has 0 unspecified atom stereocenters. The van der Waals surface area contributed by atoms with Crippen LogP contribution in [-0.2, 0) is 17.8 Å². The maximum Gasteiger partial charge on any atom is 0.325 e. The number of aromatic nitrogens is 4. The van der Waals surface area contributed by atoms with Crippen LogP contribution in [-0.4, -0.2) is 37.8 Å². The fourth-order valence-corrected chi connectivity index (χ4v) is 2.74. The van der Waals surface area contributed by atoms with Gasteiger partial charge < -0.3 is 14.9 Å². The third kappa shape index (κ3) is 3.68. The molecule has 8 heteroatoms. The summed E-state index contributed by atoms with van der Waals surface area (Å²) in [7, 11) is 1.69. The van der Waals surface area contributed by atoms with Crippen LogP contribution in [0.25, 0.3) is 11.0 Å². The minimum Gasteiger partial charge on any atom is -0.340 e. The van der Waals surface area contributed by atoms with Gasteiger partial charge in [-0.15, -0.1) is 0 Å². The third-order valence-corrected chi connectivity index (χ3v) is 4.09. The van der Waals surface area contributed by atoms with Crippen molar-refractivity contribution in [2.24, 2.45) is 0 Å². The number of imidazole rings is 1. The van der Waals surface area contributed by atoms with E-state index in [1.165, 1.54) is 0 Å². The number of nitrogens with zero attached hydrogens (tertiary/aromatic N) is 2. The second-order valence-electron chi connectivity index (χ2n) is 5.96. The molecule has 2 heterocycles. The predicted octanol–water partition coefficient (Wildman–Crippen LogP) is 0.839. The van der Waals surface area contributed by atoms with Crippen LogP contribution in [0.4, 0.5) is 0 Å². The van der Waals surface area contributed by atoms with Gasteiger partial charge in [0.25, 0.3) is 5.56 Å². The molecule has 130 valence electrons. The Hall–Kier alpha value is -3.16. The standard InChI is InChI=1S/C17H19N5O3/c1-10-11(16(24)21-17(25)18-10)7-8-15(23)22(2)9-14-19-12-5-3-4-6-13(12)20-14/h3-6H,7-9H2,1-2H3,(H,19,20)(H2,18,21,24,25). The highest BCUT2D eigenvalue weighted by Gasteiger charge is 2.14. The van der Waals surface area contributed by atoms with Gasteiger partial charge in [-0.2, -0.15) is 0 Å². The third-order valence-electron chi connectivity index (χ3n) is 4.09. The molecule has 0 spiro atoms. The van der Waals surface area contributed by atoms with Crippen molar-refractivity contribution >= 4 is 16.9 Å². The Morgan fingerprint density at radius 2 is 1.92 bits per heavy atom. The number of H-pyrrole nitrogens is 3. The summed E-state index contributed by atoms with van der Waals surface area (Å²) in [4.78, 5) is 49.2. The van der Waals surface area contributed by atoms with Gasteiger partial charge in [0.05, 0.1) is 17.6 Å². The highest BCUT2D eigenvalue weighted by molar-refractivity contribution is 5.77. The average Bonchev–Trinajstić information content (AvgIpc) is 2.95. The normalized spacial score (nSPS) is 11.0. The Kier molecular flexibility index (Phi) is 4.51. The second kappa shape index (κ2) is 6.76. The van der Waals surface area contributed by atoms with Gasteiger partial charge in [-0.1, -0.05) is 12.1 Å². The molecule has 0 aliphatic carbocycles. The van der Waals surface area contributed by atoms with Crippen molar-refractivity contribution in [1.82, 2.24) is 24.8 Å². The first-order valence-electron chi connectivity index (χ1n) is 7.93. The molecular weight excluding hydrogens is 322 g/mol. The van der Waals surface area contributed by atoms with E-state index in [0.717, 1.165) is 11.0 Å². The first kappa shape index (κ1) is 16.7. The number of para-hydroxylation sites is 2. The SMILES string of the molecule is Cc1[nH]c(=O)[nH]c(=O)c1CCC(=O)N(C)Cc1nc2ccccc2[nH]1. The zero-order valence-corrected chi connectivity index (χ0v) is 14.0. The molecule has 0 saturated heterocycles. The van der Waals surface area contributed by atoms with Crippen molar-refractivity contribution in [1.29, 1.82) is 0 Å². The fourth-order valence-electron chi connectivity index (χ4n) is 2.74. The van der Waals surface area contributed by atoms with Gasteiger partial charge in [0.1, 0.15) is 5.82 Å². The van der Waals surface area contributed by atoms with Crippen molar-refractivity contribution in [2.75, 3.05) is 7.05 Å². The van der Waals surface area contributed by atoms with Crippen LogP contribution in [0.5, 0.6) is 0 Å². The Morgan fingerprint density at radius 1 is 1.16 bits per heavy atom. The minimum atomic E-state index is -0.542. The number of hydrogen-bond donors (Lipinski definition) is 3. The number of benzene rings is 1. The van der Waals surface area contributed by atoms with Gasteiger partial charge in [-0.05, 0) is 25.5 Å². The summed E-state index contributed by atoms with van der Waals surface area (Å²) in [5.41, 5.74) is 1.70. The lowest BCUT2D eigenvalue weighted by Gasteiger charge is -2.15. The number of fused-ring (bicyclic) bond motifs is 1. The zero-order valence-electron chi connectivity index (χ0n) is 14.0. The van der Waals surface area contributed by atoms with Crippen molar-refractivity contribution in [3.63, 3.8) is 0 Å². The van der Waals surface area contributed by atoms with E-state index in [0.29, 0.717) is 23.6 Å². The number of aromatic amines is 3. The highest BCUT2D eigenvalue weighted by Crippen LogP contribution is 2.12. The molecule has 25 heavy (non-hydrogen) atoms. The molecule has 1 amide bonds. The van der Waals surface area contributed by atoms with Crippen molar-refractivity contribution in [3.8, 4) is 0 Å². The van der Waals surface area contributed by atoms with Crippen LogP contribution in [0.2, 0.25) is 0 Å². The molecular formula is C17H19N5O3. The molecule has 0 aliphatic heterocycles. The number of carbonyl (C=O) groups is 1. The average molecular weight is 341 g/mol. The van der Waals surface area contributed by atoms with Gasteiger partial charge in [-0.3, -0.25) is 14.6 Å². The lowest BCUT2D eigenvalue weighted by atomic mass is 10.1. The summed E-state index contributed by atoms with van der Waals surface area (Å²) in [6.45, 7) is 2.00. The number of hydrogen-bond acceptors (Lipinski definition) is 4. The van der Waals surface area contributed by atoms with Crippen LogP contribution in [0, 0.1) is 6.92 Å². The molecule has 0 radical (unpaired) electrons. The Balaban J connectivity index is 1.65. The maximum atomic E-state index is 12.3. The minimum absolute atomic E-state index is 0.106. The summed E-state index contributed by atoms with van der Waals surface area (Å²) >= 11 is 0. The van der Waals surface area contributed by atoms with Gasteiger partial charge in [-0.25, -0.2) is 9.78 Å². The van der Waals surface area contributed by atoms with Gasteiger partial charge in [0, 0.05) is 24.7 Å². The van der Waals surface area contributed by atoms with Gasteiger partial charge in [0.15, 0.2) is 0 Å². The summed E-state index contributed by atoms with van der Waals surface area (Å²) in [6, 6.07) is 7.66. The van der Waals surface area contributed by atoms with E-state index < -0.39 is 11.2 Å². The largest absolute Gasteiger partial charge is 0.340 e. The van der Waals surface area contributed by atoms with E-state index >= 15 is 0 Å².